The highest BCUT2D eigenvalue weighted by Crippen LogP contribution is 2.48. The molecule has 1 aliphatic heterocycles. The van der Waals surface area contributed by atoms with Gasteiger partial charge in [0.1, 0.15) is 5.41 Å². The molecule has 0 spiro atoms. The van der Waals surface area contributed by atoms with Crippen molar-refractivity contribution in [1.29, 1.82) is 0 Å². The molecule has 1 saturated heterocycles. The molecule has 1 aromatic carbocycles. The zero-order valence-electron chi connectivity index (χ0n) is 13.8. The number of hydrogen-bond donors (Lipinski definition) is 1. The van der Waals surface area contributed by atoms with Gasteiger partial charge in [-0.15, -0.1) is 0 Å². The summed E-state index contributed by atoms with van der Waals surface area (Å²) in [5, 5.41) is 3.51. The molecule has 3 rings (SSSR count). The Labute approximate surface area is 156 Å². The molecular weight excluding hydrogens is 365 g/mol. The number of piperazine rings is 1. The largest absolute Gasteiger partial charge is 0.339 e. The zero-order chi connectivity index (χ0) is 18.2. The van der Waals surface area contributed by atoms with Gasteiger partial charge < -0.3 is 15.1 Å². The third kappa shape index (κ3) is 3.60. The number of carbonyl (C=O) groups is 3. The minimum atomic E-state index is -0.996. The number of hydrogen-bond acceptors (Lipinski definition) is 3. The van der Waals surface area contributed by atoms with E-state index in [0.29, 0.717) is 54.8 Å². The average molecular weight is 384 g/mol. The third-order valence-corrected chi connectivity index (χ3v) is 5.52. The Kier molecular flexibility index (Phi) is 4.93. The number of anilines is 1. The lowest BCUT2D eigenvalue weighted by Gasteiger charge is -2.35. The molecule has 2 fully saturated rings. The predicted molar refractivity (Wildman–Crippen MR) is 95.6 cm³/mol. The highest BCUT2D eigenvalue weighted by molar-refractivity contribution is 6.42. The average Bonchev–Trinajstić information content (AvgIpc) is 3.39. The van der Waals surface area contributed by atoms with E-state index in [-0.39, 0.29) is 17.7 Å². The number of rotatable bonds is 3. The molecule has 25 heavy (non-hydrogen) atoms. The SMILES string of the molecule is CC(=O)N1CCN(C(=O)C2(C(=O)Nc3ccc(Cl)c(Cl)c3)CC2)CC1. The molecule has 134 valence electrons. The summed E-state index contributed by atoms with van der Waals surface area (Å²) < 4.78 is 0. The van der Waals surface area contributed by atoms with Gasteiger partial charge in [-0.3, -0.25) is 14.4 Å². The van der Waals surface area contributed by atoms with Crippen LogP contribution in [0.2, 0.25) is 10.0 Å². The number of halogens is 2. The van der Waals surface area contributed by atoms with E-state index in [0.717, 1.165) is 0 Å². The second-order valence-corrected chi connectivity index (χ2v) is 7.28. The maximum Gasteiger partial charge on any atom is 0.240 e. The van der Waals surface area contributed by atoms with Gasteiger partial charge in [-0.2, -0.15) is 0 Å². The third-order valence-electron chi connectivity index (χ3n) is 4.78. The Bertz CT molecular complexity index is 726. The van der Waals surface area contributed by atoms with Crippen LogP contribution in [0.3, 0.4) is 0 Å². The topological polar surface area (TPSA) is 69.7 Å². The Hall–Kier alpha value is -1.79. The predicted octanol–water partition coefficient (Wildman–Crippen LogP) is 2.40. The fourth-order valence-corrected chi connectivity index (χ4v) is 3.31. The highest BCUT2D eigenvalue weighted by Gasteiger charge is 2.58. The number of nitrogens with one attached hydrogen (secondary N) is 1. The van der Waals surface area contributed by atoms with E-state index in [4.69, 9.17) is 23.2 Å². The minimum absolute atomic E-state index is 0.00518. The molecule has 1 aliphatic carbocycles. The summed E-state index contributed by atoms with van der Waals surface area (Å²) in [4.78, 5) is 40.3. The zero-order valence-corrected chi connectivity index (χ0v) is 15.4. The Morgan fingerprint density at radius 3 is 2.12 bits per heavy atom. The summed E-state index contributed by atoms with van der Waals surface area (Å²) in [5.41, 5.74) is -0.482. The van der Waals surface area contributed by atoms with E-state index in [9.17, 15) is 14.4 Å². The summed E-state index contributed by atoms with van der Waals surface area (Å²) >= 11 is 11.8. The number of amides is 3. The van der Waals surface area contributed by atoms with Gasteiger partial charge in [0.05, 0.1) is 10.0 Å². The molecule has 0 bridgehead atoms. The van der Waals surface area contributed by atoms with Crippen LogP contribution in [-0.2, 0) is 14.4 Å². The fraction of sp³-hybridized carbons (Fsp3) is 0.471. The Morgan fingerprint density at radius 1 is 1.00 bits per heavy atom. The van der Waals surface area contributed by atoms with Gasteiger partial charge >= 0.3 is 0 Å². The quantitative estimate of drug-likeness (QED) is 0.814. The second kappa shape index (κ2) is 6.84. The molecule has 8 heteroatoms. The molecule has 1 aromatic rings. The van der Waals surface area contributed by atoms with Crippen LogP contribution in [0.25, 0.3) is 0 Å². The van der Waals surface area contributed by atoms with E-state index in [1.807, 2.05) is 0 Å². The molecule has 0 unspecified atom stereocenters. The molecule has 0 aromatic heterocycles. The lowest BCUT2D eigenvalue weighted by Crippen LogP contribution is -2.53. The van der Waals surface area contributed by atoms with Gasteiger partial charge in [0.25, 0.3) is 0 Å². The van der Waals surface area contributed by atoms with Gasteiger partial charge in [0.2, 0.25) is 17.7 Å². The smallest absolute Gasteiger partial charge is 0.240 e. The molecule has 6 nitrogen and oxygen atoms in total. The van der Waals surface area contributed by atoms with Gasteiger partial charge in [-0.25, -0.2) is 0 Å². The van der Waals surface area contributed by atoms with Crippen LogP contribution < -0.4 is 5.32 Å². The first kappa shape index (κ1) is 18.0. The van der Waals surface area contributed by atoms with Crippen molar-refractivity contribution in [3.8, 4) is 0 Å². The number of benzene rings is 1. The fourth-order valence-electron chi connectivity index (χ4n) is 3.01. The molecule has 1 saturated carbocycles. The van der Waals surface area contributed by atoms with Crippen LogP contribution >= 0.6 is 23.2 Å². The lowest BCUT2D eigenvalue weighted by molar-refractivity contribution is -0.146. The molecule has 0 radical (unpaired) electrons. The van der Waals surface area contributed by atoms with Crippen LogP contribution in [0.15, 0.2) is 18.2 Å². The molecule has 1 N–H and O–H groups in total. The van der Waals surface area contributed by atoms with E-state index in [1.165, 1.54) is 6.92 Å². The van der Waals surface area contributed by atoms with Crippen molar-refractivity contribution in [2.75, 3.05) is 31.5 Å². The van der Waals surface area contributed by atoms with Crippen molar-refractivity contribution < 1.29 is 14.4 Å². The summed E-state index contributed by atoms with van der Waals surface area (Å²) in [5.74, 6) is -0.469. The minimum Gasteiger partial charge on any atom is -0.339 e. The molecule has 1 heterocycles. The van der Waals surface area contributed by atoms with Gasteiger partial charge in [0.15, 0.2) is 0 Å². The van der Waals surface area contributed by atoms with Crippen LogP contribution in [0, 0.1) is 5.41 Å². The van der Waals surface area contributed by atoms with Crippen LogP contribution in [-0.4, -0.2) is 53.7 Å². The monoisotopic (exact) mass is 383 g/mol. The highest BCUT2D eigenvalue weighted by atomic mass is 35.5. The van der Waals surface area contributed by atoms with Crippen molar-refractivity contribution in [2.24, 2.45) is 5.41 Å². The van der Waals surface area contributed by atoms with E-state index < -0.39 is 5.41 Å². The molecular formula is C17H19Cl2N3O3. The molecule has 2 aliphatic rings. The number of carbonyl (C=O) groups excluding carboxylic acids is 3. The van der Waals surface area contributed by atoms with Crippen molar-refractivity contribution in [3.05, 3.63) is 28.2 Å². The Morgan fingerprint density at radius 2 is 1.60 bits per heavy atom. The van der Waals surface area contributed by atoms with Crippen molar-refractivity contribution >= 4 is 46.6 Å². The summed E-state index contributed by atoms with van der Waals surface area (Å²) in [7, 11) is 0. The maximum absolute atomic E-state index is 12.8. The lowest BCUT2D eigenvalue weighted by atomic mass is 10.0. The van der Waals surface area contributed by atoms with Gasteiger partial charge in [0, 0.05) is 38.8 Å². The summed E-state index contributed by atoms with van der Waals surface area (Å²) in [6, 6.07) is 4.81. The first-order chi connectivity index (χ1) is 11.8. The molecule has 3 amide bonds. The van der Waals surface area contributed by atoms with Crippen LogP contribution in [0.4, 0.5) is 5.69 Å². The first-order valence-electron chi connectivity index (χ1n) is 8.15. The van der Waals surface area contributed by atoms with E-state index in [2.05, 4.69) is 5.32 Å². The second-order valence-electron chi connectivity index (χ2n) is 6.46. The van der Waals surface area contributed by atoms with Crippen LogP contribution in [0.5, 0.6) is 0 Å². The first-order valence-corrected chi connectivity index (χ1v) is 8.90. The van der Waals surface area contributed by atoms with Gasteiger partial charge in [-0.1, -0.05) is 23.2 Å². The van der Waals surface area contributed by atoms with Crippen molar-refractivity contribution in [2.45, 2.75) is 19.8 Å². The number of nitrogens with zero attached hydrogens (tertiary/aromatic N) is 2. The summed E-state index contributed by atoms with van der Waals surface area (Å²) in [6.07, 6.45) is 1.07. The van der Waals surface area contributed by atoms with Crippen molar-refractivity contribution in [1.82, 2.24) is 9.80 Å². The molecule has 0 atom stereocenters. The summed E-state index contributed by atoms with van der Waals surface area (Å²) in [6.45, 7) is 3.45. The van der Waals surface area contributed by atoms with Crippen LogP contribution in [0.1, 0.15) is 19.8 Å². The van der Waals surface area contributed by atoms with Gasteiger partial charge in [-0.05, 0) is 31.0 Å². The van der Waals surface area contributed by atoms with E-state index >= 15 is 0 Å². The normalized spacial score (nSPS) is 18.7. The standard InChI is InChI=1S/C17H19Cl2N3O3/c1-11(23)21-6-8-22(9-7-21)16(25)17(4-5-17)15(24)20-12-2-3-13(18)14(19)10-12/h2-3,10H,4-9H2,1H3,(H,20,24). The maximum atomic E-state index is 12.8. The van der Waals surface area contributed by atoms with E-state index in [1.54, 1.807) is 28.0 Å². The van der Waals surface area contributed by atoms with Crippen molar-refractivity contribution in [3.63, 3.8) is 0 Å². The Balaban J connectivity index is 1.65.